The molecule has 1 heterocycles. The van der Waals surface area contributed by atoms with Crippen molar-refractivity contribution in [1.82, 2.24) is 9.97 Å². The lowest BCUT2D eigenvalue weighted by atomic mass is 10.1. The maximum absolute atomic E-state index is 9.95. The van der Waals surface area contributed by atoms with Gasteiger partial charge in [0.15, 0.2) is 0 Å². The van der Waals surface area contributed by atoms with E-state index in [2.05, 4.69) is 25.9 Å². The van der Waals surface area contributed by atoms with Crippen LogP contribution in [0.15, 0.2) is 47.3 Å². The molecule has 16 heavy (non-hydrogen) atoms. The maximum atomic E-state index is 9.95. The maximum Gasteiger partial charge on any atom is 0.102 e. The number of nitrogens with zero attached hydrogens (tertiary/aromatic N) is 2. The Balaban J connectivity index is 2.11. The largest absolute Gasteiger partial charge is 0.386 e. The minimum Gasteiger partial charge on any atom is -0.386 e. The molecule has 0 saturated carbocycles. The topological polar surface area (TPSA) is 46.0 Å². The molecule has 1 N–H and O–H groups in total. The first kappa shape index (κ1) is 11.2. The van der Waals surface area contributed by atoms with E-state index in [4.69, 9.17) is 0 Å². The van der Waals surface area contributed by atoms with Crippen molar-refractivity contribution in [3.05, 3.63) is 58.6 Å². The first-order chi connectivity index (χ1) is 7.75. The Hall–Kier alpha value is -1.26. The molecule has 0 aliphatic carbocycles. The number of benzene rings is 1. The highest BCUT2D eigenvalue weighted by atomic mass is 79.9. The van der Waals surface area contributed by atoms with E-state index in [1.165, 1.54) is 0 Å². The van der Waals surface area contributed by atoms with Crippen LogP contribution in [0.4, 0.5) is 0 Å². The van der Waals surface area contributed by atoms with Gasteiger partial charge in [-0.25, -0.2) is 0 Å². The molecular formula is C12H11BrN2O. The predicted molar refractivity (Wildman–Crippen MR) is 64.8 cm³/mol. The quantitative estimate of drug-likeness (QED) is 0.939. The van der Waals surface area contributed by atoms with Crippen molar-refractivity contribution in [3.63, 3.8) is 0 Å². The van der Waals surface area contributed by atoms with Crippen molar-refractivity contribution >= 4 is 15.9 Å². The highest BCUT2D eigenvalue weighted by molar-refractivity contribution is 9.10. The van der Waals surface area contributed by atoms with Crippen molar-refractivity contribution in [2.24, 2.45) is 0 Å². The molecule has 1 atom stereocenters. The first-order valence-corrected chi connectivity index (χ1v) is 5.73. The summed E-state index contributed by atoms with van der Waals surface area (Å²) in [5, 5.41) is 9.95. The zero-order valence-corrected chi connectivity index (χ0v) is 10.1. The smallest absolute Gasteiger partial charge is 0.102 e. The third-order valence-electron chi connectivity index (χ3n) is 2.24. The van der Waals surface area contributed by atoms with Crippen molar-refractivity contribution in [1.29, 1.82) is 0 Å². The third kappa shape index (κ3) is 2.87. The molecule has 0 saturated heterocycles. The number of hydrogen-bond donors (Lipinski definition) is 1. The highest BCUT2D eigenvalue weighted by Crippen LogP contribution is 2.18. The van der Waals surface area contributed by atoms with Crippen LogP contribution in [0, 0.1) is 0 Å². The fourth-order valence-corrected chi connectivity index (χ4v) is 1.92. The van der Waals surface area contributed by atoms with Gasteiger partial charge in [-0.05, 0) is 17.7 Å². The minimum atomic E-state index is -0.608. The van der Waals surface area contributed by atoms with E-state index >= 15 is 0 Å². The van der Waals surface area contributed by atoms with Crippen LogP contribution in [0.2, 0.25) is 0 Å². The van der Waals surface area contributed by atoms with Gasteiger partial charge >= 0.3 is 0 Å². The van der Waals surface area contributed by atoms with Gasteiger partial charge in [-0.3, -0.25) is 9.97 Å². The van der Waals surface area contributed by atoms with E-state index in [1.807, 2.05) is 24.3 Å². The molecule has 0 fully saturated rings. The molecule has 0 bridgehead atoms. The summed E-state index contributed by atoms with van der Waals surface area (Å²) < 4.78 is 1.01. The van der Waals surface area contributed by atoms with E-state index in [-0.39, 0.29) is 0 Å². The van der Waals surface area contributed by atoms with Gasteiger partial charge in [0.2, 0.25) is 0 Å². The second-order valence-corrected chi connectivity index (χ2v) is 4.40. The van der Waals surface area contributed by atoms with Crippen LogP contribution in [0.3, 0.4) is 0 Å². The van der Waals surface area contributed by atoms with E-state index in [0.29, 0.717) is 12.1 Å². The fourth-order valence-electron chi connectivity index (χ4n) is 1.47. The number of halogens is 1. The van der Waals surface area contributed by atoms with Crippen LogP contribution < -0.4 is 0 Å². The zero-order chi connectivity index (χ0) is 11.4. The number of aliphatic hydroxyl groups is 1. The molecule has 0 aliphatic rings. The molecule has 2 aromatic rings. The average Bonchev–Trinajstić information content (AvgIpc) is 2.30. The number of hydrogen-bond acceptors (Lipinski definition) is 3. The SMILES string of the molecule is OC(Cc1cccc(Br)c1)c1cnccn1. The molecule has 3 nitrogen and oxygen atoms in total. The third-order valence-corrected chi connectivity index (χ3v) is 2.74. The molecule has 2 rings (SSSR count). The summed E-state index contributed by atoms with van der Waals surface area (Å²) in [5.74, 6) is 0. The molecule has 0 amide bonds. The summed E-state index contributed by atoms with van der Waals surface area (Å²) >= 11 is 3.40. The van der Waals surface area contributed by atoms with Gasteiger partial charge < -0.3 is 5.11 Å². The second-order valence-electron chi connectivity index (χ2n) is 3.48. The molecule has 82 valence electrons. The molecule has 0 spiro atoms. The summed E-state index contributed by atoms with van der Waals surface area (Å²) in [6.07, 6.45) is 4.69. The van der Waals surface area contributed by atoms with Crippen LogP contribution in [0.5, 0.6) is 0 Å². The Morgan fingerprint density at radius 1 is 1.31 bits per heavy atom. The number of rotatable bonds is 3. The zero-order valence-electron chi connectivity index (χ0n) is 8.55. The number of aliphatic hydroxyl groups excluding tert-OH is 1. The molecule has 0 radical (unpaired) electrons. The molecular weight excluding hydrogens is 268 g/mol. The van der Waals surface area contributed by atoms with Crippen molar-refractivity contribution < 1.29 is 5.11 Å². The Labute approximate surface area is 102 Å². The monoisotopic (exact) mass is 278 g/mol. The van der Waals surface area contributed by atoms with Gasteiger partial charge in [0, 0.05) is 23.3 Å². The molecule has 1 unspecified atom stereocenters. The fraction of sp³-hybridized carbons (Fsp3) is 0.167. The van der Waals surface area contributed by atoms with Gasteiger partial charge in [-0.2, -0.15) is 0 Å². The van der Waals surface area contributed by atoms with Crippen LogP contribution in [0.1, 0.15) is 17.4 Å². The van der Waals surface area contributed by atoms with Crippen molar-refractivity contribution in [3.8, 4) is 0 Å². The molecule has 1 aromatic heterocycles. The van der Waals surface area contributed by atoms with Gasteiger partial charge in [0.25, 0.3) is 0 Å². The minimum absolute atomic E-state index is 0.540. The Bertz CT molecular complexity index is 462. The summed E-state index contributed by atoms with van der Waals surface area (Å²) in [6.45, 7) is 0. The van der Waals surface area contributed by atoms with Crippen LogP contribution in [0.25, 0.3) is 0 Å². The highest BCUT2D eigenvalue weighted by Gasteiger charge is 2.09. The van der Waals surface area contributed by atoms with E-state index in [1.54, 1.807) is 18.6 Å². The van der Waals surface area contributed by atoms with E-state index < -0.39 is 6.10 Å². The van der Waals surface area contributed by atoms with E-state index in [9.17, 15) is 5.11 Å². The van der Waals surface area contributed by atoms with E-state index in [0.717, 1.165) is 10.0 Å². The predicted octanol–water partition coefficient (Wildman–Crippen LogP) is 2.52. The summed E-state index contributed by atoms with van der Waals surface area (Å²) in [7, 11) is 0. The molecule has 4 heteroatoms. The van der Waals surface area contributed by atoms with Crippen LogP contribution in [-0.2, 0) is 6.42 Å². The van der Waals surface area contributed by atoms with Crippen molar-refractivity contribution in [2.45, 2.75) is 12.5 Å². The van der Waals surface area contributed by atoms with Crippen LogP contribution >= 0.6 is 15.9 Å². The lowest BCUT2D eigenvalue weighted by Gasteiger charge is -2.09. The Morgan fingerprint density at radius 2 is 2.19 bits per heavy atom. The summed E-state index contributed by atoms with van der Waals surface area (Å²) in [6, 6.07) is 7.87. The lowest BCUT2D eigenvalue weighted by Crippen LogP contribution is -2.04. The Kier molecular flexibility index (Phi) is 3.64. The molecule has 0 aliphatic heterocycles. The van der Waals surface area contributed by atoms with Crippen molar-refractivity contribution in [2.75, 3.05) is 0 Å². The first-order valence-electron chi connectivity index (χ1n) is 4.94. The Morgan fingerprint density at radius 3 is 2.88 bits per heavy atom. The summed E-state index contributed by atoms with van der Waals surface area (Å²) in [4.78, 5) is 8.01. The standard InChI is InChI=1S/C12H11BrN2O/c13-10-3-1-2-9(6-10)7-12(16)11-8-14-4-5-15-11/h1-6,8,12,16H,7H2. The summed E-state index contributed by atoms with van der Waals surface area (Å²) in [5.41, 5.74) is 1.66. The molecule has 1 aromatic carbocycles. The second kappa shape index (κ2) is 5.18. The normalized spacial score (nSPS) is 12.4. The van der Waals surface area contributed by atoms with Gasteiger partial charge in [0.05, 0.1) is 11.9 Å². The lowest BCUT2D eigenvalue weighted by molar-refractivity contribution is 0.173. The number of aromatic nitrogens is 2. The van der Waals surface area contributed by atoms with Gasteiger partial charge in [-0.15, -0.1) is 0 Å². The van der Waals surface area contributed by atoms with Gasteiger partial charge in [-0.1, -0.05) is 28.1 Å². The van der Waals surface area contributed by atoms with Gasteiger partial charge in [0.1, 0.15) is 6.10 Å². The van der Waals surface area contributed by atoms with Crippen LogP contribution in [-0.4, -0.2) is 15.1 Å². The average molecular weight is 279 g/mol.